The van der Waals surface area contributed by atoms with Gasteiger partial charge < -0.3 is 8.83 Å². The van der Waals surface area contributed by atoms with Gasteiger partial charge in [0.05, 0.1) is 5.56 Å². The third kappa shape index (κ3) is 2.72. The summed E-state index contributed by atoms with van der Waals surface area (Å²) < 4.78 is 12.2. The predicted molar refractivity (Wildman–Crippen MR) is 105 cm³/mol. The number of para-hydroxylation sites is 1. The van der Waals surface area contributed by atoms with Crippen LogP contribution in [0.5, 0.6) is 0 Å². The van der Waals surface area contributed by atoms with Crippen LogP contribution in [0.4, 0.5) is 0 Å². The minimum Gasteiger partial charge on any atom is -0.455 e. The number of aryl methyl sites for hydroxylation is 1. The van der Waals surface area contributed by atoms with Crippen molar-refractivity contribution in [2.75, 3.05) is 0 Å². The molecule has 0 atom stereocenters. The quantitative estimate of drug-likeness (QED) is 0.392. The van der Waals surface area contributed by atoms with Gasteiger partial charge in [0, 0.05) is 16.5 Å². The van der Waals surface area contributed by atoms with Crippen LogP contribution in [0, 0.1) is 6.92 Å². The maximum Gasteiger partial charge on any atom is 0.252 e. The molecule has 4 nitrogen and oxygen atoms in total. The van der Waals surface area contributed by atoms with Crippen molar-refractivity contribution in [2.45, 2.75) is 6.92 Å². The summed E-state index contributed by atoms with van der Waals surface area (Å²) in [4.78, 5) is 0. The Balaban J connectivity index is 1.72. The van der Waals surface area contributed by atoms with E-state index in [0.29, 0.717) is 11.8 Å². The predicted octanol–water partition coefficient (Wildman–Crippen LogP) is 6.13. The molecule has 0 N–H and O–H groups in total. The summed E-state index contributed by atoms with van der Waals surface area (Å²) in [6.45, 7) is 2.06. The molecule has 0 amide bonds. The zero-order chi connectivity index (χ0) is 18.2. The Labute approximate surface area is 156 Å². The van der Waals surface area contributed by atoms with Crippen LogP contribution >= 0.6 is 0 Å². The van der Waals surface area contributed by atoms with Crippen LogP contribution in [0.3, 0.4) is 0 Å². The number of aromatic nitrogens is 2. The van der Waals surface area contributed by atoms with E-state index in [-0.39, 0.29) is 0 Å². The van der Waals surface area contributed by atoms with Crippen molar-refractivity contribution in [3.05, 3.63) is 84.4 Å². The highest BCUT2D eigenvalue weighted by Crippen LogP contribution is 2.40. The minimum absolute atomic E-state index is 0.453. The molecule has 5 aromatic rings. The van der Waals surface area contributed by atoms with Gasteiger partial charge in [-0.3, -0.25) is 0 Å². The van der Waals surface area contributed by atoms with E-state index in [1.54, 1.807) is 0 Å². The molecule has 4 heteroatoms. The minimum atomic E-state index is 0.453. The molecule has 0 aliphatic carbocycles. The molecule has 5 rings (SSSR count). The van der Waals surface area contributed by atoms with E-state index in [1.807, 2.05) is 66.7 Å². The van der Waals surface area contributed by atoms with Crippen molar-refractivity contribution in [2.24, 2.45) is 0 Å². The number of furan rings is 1. The molecule has 0 aliphatic rings. The first-order valence-electron chi connectivity index (χ1n) is 8.77. The Morgan fingerprint density at radius 1 is 0.630 bits per heavy atom. The molecule has 0 unspecified atom stereocenters. The van der Waals surface area contributed by atoms with Crippen LogP contribution in [0.25, 0.3) is 45.2 Å². The summed E-state index contributed by atoms with van der Waals surface area (Å²) in [7, 11) is 0. The smallest absolute Gasteiger partial charge is 0.252 e. The summed E-state index contributed by atoms with van der Waals surface area (Å²) in [6.07, 6.45) is 0. The lowest BCUT2D eigenvalue weighted by molar-refractivity contribution is 0.581. The van der Waals surface area contributed by atoms with E-state index in [4.69, 9.17) is 8.83 Å². The first-order valence-corrected chi connectivity index (χ1v) is 8.77. The second-order valence-electron chi connectivity index (χ2n) is 6.45. The summed E-state index contributed by atoms with van der Waals surface area (Å²) in [6, 6.07) is 25.9. The van der Waals surface area contributed by atoms with Gasteiger partial charge in [-0.05, 0) is 25.1 Å². The van der Waals surface area contributed by atoms with Gasteiger partial charge in [0.25, 0.3) is 5.89 Å². The van der Waals surface area contributed by atoms with E-state index in [0.717, 1.165) is 33.4 Å². The van der Waals surface area contributed by atoms with Crippen LogP contribution in [0.15, 0.2) is 87.7 Å². The van der Waals surface area contributed by atoms with Crippen LogP contribution in [0.1, 0.15) is 5.56 Å². The summed E-state index contributed by atoms with van der Waals surface area (Å²) >= 11 is 0. The van der Waals surface area contributed by atoms with Gasteiger partial charge in [-0.1, -0.05) is 66.2 Å². The molecule has 0 bridgehead atoms. The molecule has 2 aromatic heterocycles. The Morgan fingerprint density at radius 2 is 1.33 bits per heavy atom. The number of hydrogen-bond donors (Lipinski definition) is 0. The van der Waals surface area contributed by atoms with Crippen molar-refractivity contribution in [1.29, 1.82) is 0 Å². The fourth-order valence-electron chi connectivity index (χ4n) is 3.19. The zero-order valence-electron chi connectivity index (χ0n) is 14.7. The Bertz CT molecular complexity index is 1220. The van der Waals surface area contributed by atoms with E-state index in [1.165, 1.54) is 5.56 Å². The zero-order valence-corrected chi connectivity index (χ0v) is 14.7. The number of nitrogens with zero attached hydrogens (tertiary/aromatic N) is 2. The van der Waals surface area contributed by atoms with Crippen molar-refractivity contribution in [1.82, 2.24) is 10.2 Å². The summed E-state index contributed by atoms with van der Waals surface area (Å²) in [5, 5.41) is 9.51. The topological polar surface area (TPSA) is 52.1 Å². The highest BCUT2D eigenvalue weighted by atomic mass is 16.4. The maximum atomic E-state index is 6.17. The molecule has 2 heterocycles. The SMILES string of the molecule is Cc1ccc(-c2oc3ccccc3c2-c2nnc(-c3ccccc3)o2)cc1. The van der Waals surface area contributed by atoms with Gasteiger partial charge in [0.1, 0.15) is 11.3 Å². The molecule has 130 valence electrons. The molecule has 0 spiro atoms. The summed E-state index contributed by atoms with van der Waals surface area (Å²) in [5.74, 6) is 1.68. The molecular weight excluding hydrogens is 336 g/mol. The number of benzene rings is 3. The molecule has 0 saturated carbocycles. The number of hydrogen-bond acceptors (Lipinski definition) is 4. The average molecular weight is 352 g/mol. The van der Waals surface area contributed by atoms with Gasteiger partial charge in [-0.25, -0.2) is 0 Å². The Kier molecular flexibility index (Phi) is 3.61. The third-order valence-electron chi connectivity index (χ3n) is 4.57. The monoisotopic (exact) mass is 352 g/mol. The van der Waals surface area contributed by atoms with Crippen LogP contribution in [-0.2, 0) is 0 Å². The fourth-order valence-corrected chi connectivity index (χ4v) is 3.19. The van der Waals surface area contributed by atoms with E-state index in [2.05, 4.69) is 29.3 Å². The lowest BCUT2D eigenvalue weighted by Crippen LogP contribution is -1.82. The van der Waals surface area contributed by atoms with Crippen LogP contribution in [0.2, 0.25) is 0 Å². The van der Waals surface area contributed by atoms with E-state index in [9.17, 15) is 0 Å². The van der Waals surface area contributed by atoms with Gasteiger partial charge in [0.2, 0.25) is 5.89 Å². The fraction of sp³-hybridized carbons (Fsp3) is 0.0435. The second-order valence-corrected chi connectivity index (χ2v) is 6.45. The normalized spacial score (nSPS) is 11.1. The van der Waals surface area contributed by atoms with Gasteiger partial charge in [0.15, 0.2) is 0 Å². The van der Waals surface area contributed by atoms with E-state index < -0.39 is 0 Å². The summed E-state index contributed by atoms with van der Waals surface area (Å²) in [5.41, 5.74) is 4.68. The highest BCUT2D eigenvalue weighted by molar-refractivity contribution is 5.99. The molecular formula is C23H16N2O2. The van der Waals surface area contributed by atoms with Crippen molar-refractivity contribution >= 4 is 11.0 Å². The Morgan fingerprint density at radius 3 is 2.15 bits per heavy atom. The molecule has 27 heavy (non-hydrogen) atoms. The van der Waals surface area contributed by atoms with Gasteiger partial charge >= 0.3 is 0 Å². The molecule has 3 aromatic carbocycles. The van der Waals surface area contributed by atoms with Crippen LogP contribution in [-0.4, -0.2) is 10.2 Å². The highest BCUT2D eigenvalue weighted by Gasteiger charge is 2.22. The number of fused-ring (bicyclic) bond motifs is 1. The largest absolute Gasteiger partial charge is 0.455 e. The Hall–Kier alpha value is -3.66. The molecule has 0 aliphatic heterocycles. The first-order chi connectivity index (χ1) is 13.3. The van der Waals surface area contributed by atoms with E-state index >= 15 is 0 Å². The lowest BCUT2D eigenvalue weighted by atomic mass is 10.0. The molecule has 0 radical (unpaired) electrons. The van der Waals surface area contributed by atoms with Crippen molar-refractivity contribution in [3.8, 4) is 34.2 Å². The number of rotatable bonds is 3. The third-order valence-corrected chi connectivity index (χ3v) is 4.57. The standard InChI is InChI=1S/C23H16N2O2/c1-15-11-13-16(14-12-15)21-20(18-9-5-6-10-19(18)26-21)23-25-24-22(27-23)17-7-3-2-4-8-17/h2-14H,1H3. The van der Waals surface area contributed by atoms with Crippen molar-refractivity contribution in [3.63, 3.8) is 0 Å². The second kappa shape index (κ2) is 6.25. The molecule has 0 saturated heterocycles. The molecule has 0 fully saturated rings. The maximum absolute atomic E-state index is 6.17. The first kappa shape index (κ1) is 15.6. The lowest BCUT2D eigenvalue weighted by Gasteiger charge is -2.01. The average Bonchev–Trinajstić information content (AvgIpc) is 3.34. The van der Waals surface area contributed by atoms with Crippen LogP contribution < -0.4 is 0 Å². The van der Waals surface area contributed by atoms with Crippen molar-refractivity contribution < 1.29 is 8.83 Å². The van der Waals surface area contributed by atoms with Gasteiger partial charge in [-0.2, -0.15) is 0 Å². The van der Waals surface area contributed by atoms with Gasteiger partial charge in [-0.15, -0.1) is 10.2 Å².